The fourth-order valence-electron chi connectivity index (χ4n) is 2.51. The summed E-state index contributed by atoms with van der Waals surface area (Å²) in [5.41, 5.74) is 0.504. The number of alkyl carbamates (subject to hydrolysis) is 1. The van der Waals surface area contributed by atoms with Gasteiger partial charge in [-0.25, -0.2) is 4.79 Å². The molecule has 29 heavy (non-hydrogen) atoms. The zero-order valence-corrected chi connectivity index (χ0v) is 17.5. The van der Waals surface area contributed by atoms with Gasteiger partial charge in [0.25, 0.3) is 5.91 Å². The first kappa shape index (κ1) is 22.4. The van der Waals surface area contributed by atoms with Crippen LogP contribution in [0.3, 0.4) is 0 Å². The Hall–Kier alpha value is -2.93. The highest BCUT2D eigenvalue weighted by atomic mass is 35.5. The molecule has 0 aliphatic rings. The summed E-state index contributed by atoms with van der Waals surface area (Å²) in [5, 5.41) is 5.45. The molecule has 0 spiro atoms. The molecule has 2 rings (SSSR count). The van der Waals surface area contributed by atoms with E-state index in [4.69, 9.17) is 16.3 Å². The highest BCUT2D eigenvalue weighted by Crippen LogP contribution is 2.22. The summed E-state index contributed by atoms with van der Waals surface area (Å²) < 4.78 is 5.16. The van der Waals surface area contributed by atoms with Crippen molar-refractivity contribution in [2.24, 2.45) is 0 Å². The van der Waals surface area contributed by atoms with E-state index in [-0.39, 0.29) is 22.8 Å². The minimum absolute atomic E-state index is 0.0761. The number of hydrogen-bond acceptors (Lipinski definition) is 5. The van der Waals surface area contributed by atoms with E-state index in [1.165, 1.54) is 6.20 Å². The van der Waals surface area contributed by atoms with Gasteiger partial charge in [0, 0.05) is 12.6 Å². The molecule has 1 aromatic carbocycles. The molecule has 0 radical (unpaired) electrons. The number of ketones is 1. The lowest BCUT2D eigenvalue weighted by atomic mass is 9.99. The van der Waals surface area contributed by atoms with Crippen LogP contribution in [0.15, 0.2) is 42.7 Å². The molecule has 0 aliphatic carbocycles. The highest BCUT2D eigenvalue weighted by molar-refractivity contribution is 6.34. The van der Waals surface area contributed by atoms with Crippen molar-refractivity contribution >= 4 is 35.1 Å². The van der Waals surface area contributed by atoms with Crippen LogP contribution in [0.25, 0.3) is 0 Å². The monoisotopic (exact) mass is 417 g/mol. The van der Waals surface area contributed by atoms with Gasteiger partial charge in [0.1, 0.15) is 5.60 Å². The maximum Gasteiger partial charge on any atom is 0.408 e. The normalized spacial score (nSPS) is 12.0. The minimum atomic E-state index is -0.793. The first-order valence-corrected chi connectivity index (χ1v) is 9.45. The van der Waals surface area contributed by atoms with Gasteiger partial charge in [-0.2, -0.15) is 0 Å². The first-order valence-electron chi connectivity index (χ1n) is 9.08. The van der Waals surface area contributed by atoms with Crippen molar-refractivity contribution in [3.8, 4) is 0 Å². The van der Waals surface area contributed by atoms with Crippen LogP contribution >= 0.6 is 11.6 Å². The Morgan fingerprint density at radius 3 is 2.52 bits per heavy atom. The average Bonchev–Trinajstić information content (AvgIpc) is 2.60. The van der Waals surface area contributed by atoms with Gasteiger partial charge in [-0.1, -0.05) is 23.7 Å². The number of carbonyl (C=O) groups excluding carboxylic acids is 3. The van der Waals surface area contributed by atoms with Crippen LogP contribution in [-0.4, -0.2) is 34.4 Å². The van der Waals surface area contributed by atoms with Gasteiger partial charge in [-0.15, -0.1) is 0 Å². The number of anilines is 1. The van der Waals surface area contributed by atoms with Crippen molar-refractivity contribution in [2.75, 3.05) is 5.32 Å². The molecule has 0 bridgehead atoms. The zero-order chi connectivity index (χ0) is 21.6. The largest absolute Gasteiger partial charge is 0.444 e. The molecule has 2 amide bonds. The molecule has 0 unspecified atom stereocenters. The van der Waals surface area contributed by atoms with Crippen molar-refractivity contribution in [1.29, 1.82) is 0 Å². The van der Waals surface area contributed by atoms with Crippen molar-refractivity contribution in [3.05, 3.63) is 58.9 Å². The summed E-state index contributed by atoms with van der Waals surface area (Å²) >= 11 is 6.23. The number of rotatable bonds is 6. The summed E-state index contributed by atoms with van der Waals surface area (Å²) in [6.45, 7) is 6.76. The molecule has 154 valence electrons. The Balaban J connectivity index is 2.12. The number of carbonyl (C=O) groups is 3. The third-order valence-corrected chi connectivity index (χ3v) is 4.14. The van der Waals surface area contributed by atoms with Crippen LogP contribution in [0.5, 0.6) is 0 Å². The van der Waals surface area contributed by atoms with Crippen molar-refractivity contribution in [3.63, 3.8) is 0 Å². The van der Waals surface area contributed by atoms with Crippen LogP contribution in [0.1, 0.15) is 43.6 Å². The predicted molar refractivity (Wildman–Crippen MR) is 111 cm³/mol. The molecule has 0 saturated heterocycles. The lowest BCUT2D eigenvalue weighted by Crippen LogP contribution is -2.42. The standard InChI is InChI=1S/C21H24ClN3O4/c1-13(24-20(28)29-21(2,3)4)17(26)11-14-7-5-9-16(22)18(14)19(27)25-15-8-6-10-23-12-15/h5-10,12-13H,11H2,1-4H3,(H,24,28)(H,25,27)/t13-/m0/s1. The topological polar surface area (TPSA) is 97.4 Å². The molecule has 2 aromatic rings. The van der Waals surface area contributed by atoms with Gasteiger partial charge in [-0.05, 0) is 51.5 Å². The van der Waals surface area contributed by atoms with Gasteiger partial charge >= 0.3 is 6.09 Å². The Morgan fingerprint density at radius 2 is 1.90 bits per heavy atom. The van der Waals surface area contributed by atoms with Crippen molar-refractivity contribution < 1.29 is 19.1 Å². The number of aromatic nitrogens is 1. The van der Waals surface area contributed by atoms with E-state index in [0.29, 0.717) is 11.3 Å². The SMILES string of the molecule is C[C@H](NC(=O)OC(C)(C)C)C(=O)Cc1cccc(Cl)c1C(=O)Nc1cccnc1. The van der Waals surface area contributed by atoms with E-state index in [0.717, 1.165) is 0 Å². The quantitative estimate of drug-likeness (QED) is 0.740. The van der Waals surface area contributed by atoms with Gasteiger partial charge in [0.15, 0.2) is 5.78 Å². The van der Waals surface area contributed by atoms with Crippen LogP contribution in [0.2, 0.25) is 5.02 Å². The van der Waals surface area contributed by atoms with Crippen molar-refractivity contribution in [2.45, 2.75) is 45.8 Å². The number of pyridine rings is 1. The summed E-state index contributed by atoms with van der Waals surface area (Å²) in [6.07, 6.45) is 2.34. The Labute approximate surface area is 174 Å². The van der Waals surface area contributed by atoms with E-state index in [9.17, 15) is 14.4 Å². The molecule has 0 aliphatic heterocycles. The summed E-state index contributed by atoms with van der Waals surface area (Å²) in [5.74, 6) is -0.729. The molecule has 2 N–H and O–H groups in total. The average molecular weight is 418 g/mol. The molecule has 1 heterocycles. The Kier molecular flexibility index (Phi) is 7.34. The molecule has 1 atom stereocenters. The molecule has 0 saturated carbocycles. The zero-order valence-electron chi connectivity index (χ0n) is 16.8. The number of amides is 2. The van der Waals surface area contributed by atoms with E-state index in [1.54, 1.807) is 64.2 Å². The Morgan fingerprint density at radius 1 is 1.17 bits per heavy atom. The van der Waals surface area contributed by atoms with E-state index < -0.39 is 23.6 Å². The van der Waals surface area contributed by atoms with Crippen LogP contribution in [0, 0.1) is 0 Å². The second-order valence-corrected chi connectivity index (χ2v) is 7.89. The maximum atomic E-state index is 12.7. The molecular weight excluding hydrogens is 394 g/mol. The summed E-state index contributed by atoms with van der Waals surface area (Å²) in [6, 6.07) is 7.49. The third kappa shape index (κ3) is 6.87. The summed E-state index contributed by atoms with van der Waals surface area (Å²) in [4.78, 5) is 41.1. The number of ether oxygens (including phenoxy) is 1. The van der Waals surface area contributed by atoms with Gasteiger partial charge in [0.05, 0.1) is 28.5 Å². The molecule has 8 heteroatoms. The number of hydrogen-bond donors (Lipinski definition) is 2. The fourth-order valence-corrected chi connectivity index (χ4v) is 2.79. The van der Waals surface area contributed by atoms with Crippen molar-refractivity contribution in [1.82, 2.24) is 10.3 Å². The molecule has 0 fully saturated rings. The first-order chi connectivity index (χ1) is 13.6. The van der Waals surface area contributed by atoms with E-state index >= 15 is 0 Å². The van der Waals surface area contributed by atoms with Crippen LogP contribution in [0.4, 0.5) is 10.5 Å². The lowest BCUT2D eigenvalue weighted by Gasteiger charge is -2.21. The number of nitrogens with one attached hydrogen (secondary N) is 2. The van der Waals surface area contributed by atoms with Gasteiger partial charge in [-0.3, -0.25) is 14.6 Å². The molecule has 7 nitrogen and oxygen atoms in total. The minimum Gasteiger partial charge on any atom is -0.444 e. The smallest absolute Gasteiger partial charge is 0.408 e. The van der Waals surface area contributed by atoms with E-state index in [2.05, 4.69) is 15.6 Å². The van der Waals surface area contributed by atoms with Gasteiger partial charge < -0.3 is 15.4 Å². The fraction of sp³-hybridized carbons (Fsp3) is 0.333. The van der Waals surface area contributed by atoms with Crippen LogP contribution < -0.4 is 10.6 Å². The second kappa shape index (κ2) is 9.52. The Bertz CT molecular complexity index is 895. The maximum absolute atomic E-state index is 12.7. The lowest BCUT2D eigenvalue weighted by molar-refractivity contribution is -0.120. The molecule has 1 aromatic heterocycles. The number of nitrogens with zero attached hydrogens (tertiary/aromatic N) is 1. The predicted octanol–water partition coefficient (Wildman–Crippen LogP) is 4.01. The van der Waals surface area contributed by atoms with Crippen LogP contribution in [-0.2, 0) is 16.0 Å². The number of benzene rings is 1. The number of halogens is 1. The van der Waals surface area contributed by atoms with E-state index in [1.807, 2.05) is 0 Å². The number of Topliss-reactive ketones (excluding diaryl/α,β-unsaturated/α-hetero) is 1. The third-order valence-electron chi connectivity index (χ3n) is 3.83. The van der Waals surface area contributed by atoms with Gasteiger partial charge in [0.2, 0.25) is 0 Å². The summed E-state index contributed by atoms with van der Waals surface area (Å²) in [7, 11) is 0. The highest BCUT2D eigenvalue weighted by Gasteiger charge is 2.23. The molecular formula is C21H24ClN3O4. The second-order valence-electron chi connectivity index (χ2n) is 7.48.